The van der Waals surface area contributed by atoms with Crippen molar-refractivity contribution in [2.24, 2.45) is 0 Å². The summed E-state index contributed by atoms with van der Waals surface area (Å²) in [6.45, 7) is 2.90. The van der Waals surface area contributed by atoms with E-state index < -0.39 is 0 Å². The Bertz CT molecular complexity index is 341. The molecule has 7 heteroatoms. The molecule has 0 aliphatic heterocycles. The lowest BCUT2D eigenvalue weighted by Crippen LogP contribution is -2.22. The molecule has 1 rings (SSSR count). The molecule has 0 aromatic carbocycles. The van der Waals surface area contributed by atoms with Crippen LogP contribution in [0.15, 0.2) is 6.58 Å². The highest BCUT2D eigenvalue weighted by Crippen LogP contribution is 2.14. The maximum Gasteiger partial charge on any atom is 0.231 e. The molecule has 7 nitrogen and oxygen atoms in total. The van der Waals surface area contributed by atoms with E-state index in [0.717, 1.165) is 0 Å². The van der Waals surface area contributed by atoms with Crippen LogP contribution in [0.4, 0.5) is 17.8 Å². The fraction of sp³-hybridized carbons (Fsp3) is 0.545. The molecule has 0 saturated heterocycles. The van der Waals surface area contributed by atoms with E-state index in [2.05, 4.69) is 21.5 Å². The third-order valence-electron chi connectivity index (χ3n) is 1.80. The smallest absolute Gasteiger partial charge is 0.231 e. The summed E-state index contributed by atoms with van der Waals surface area (Å²) in [6.07, 6.45) is 0. The van der Waals surface area contributed by atoms with Gasteiger partial charge in [0.05, 0.1) is 0 Å². The van der Waals surface area contributed by atoms with Crippen LogP contribution in [0, 0.1) is 5.41 Å². The van der Waals surface area contributed by atoms with Crippen LogP contribution in [0.1, 0.15) is 0 Å². The van der Waals surface area contributed by atoms with Gasteiger partial charge in [-0.25, -0.2) is 0 Å². The average Bonchev–Trinajstić information content (AvgIpc) is 2.29. The highest BCUT2D eigenvalue weighted by atomic mass is 15.4. The van der Waals surface area contributed by atoms with Crippen LogP contribution in [0.3, 0.4) is 0 Å². The molecule has 0 bridgehead atoms. The molecule has 1 aromatic rings. The van der Waals surface area contributed by atoms with Crippen molar-refractivity contribution in [3.63, 3.8) is 0 Å². The molecule has 0 unspecified atom stereocenters. The quantitative estimate of drug-likeness (QED) is 0.788. The first kappa shape index (κ1) is 15.9. The summed E-state index contributed by atoms with van der Waals surface area (Å²) in [6, 6.07) is 0. The Balaban J connectivity index is 0.000000873. The zero-order valence-electron chi connectivity index (χ0n) is 11.9. The Morgan fingerprint density at radius 3 is 1.06 bits per heavy atom. The minimum atomic E-state index is 0.664. The van der Waals surface area contributed by atoms with E-state index in [-0.39, 0.29) is 0 Å². The molecule has 0 radical (unpaired) electrons. The van der Waals surface area contributed by atoms with Crippen LogP contribution in [-0.2, 0) is 0 Å². The zero-order valence-corrected chi connectivity index (χ0v) is 11.9. The molecule has 100 valence electrons. The van der Waals surface area contributed by atoms with Gasteiger partial charge in [-0.2, -0.15) is 15.0 Å². The molecule has 18 heavy (non-hydrogen) atoms. The van der Waals surface area contributed by atoms with Gasteiger partial charge in [-0.1, -0.05) is 0 Å². The summed E-state index contributed by atoms with van der Waals surface area (Å²) < 4.78 is 0. The lowest BCUT2D eigenvalue weighted by Gasteiger charge is -2.18. The Morgan fingerprint density at radius 1 is 0.778 bits per heavy atom. The van der Waals surface area contributed by atoms with Crippen molar-refractivity contribution in [1.82, 2.24) is 15.0 Å². The number of anilines is 3. The average molecular weight is 251 g/mol. The van der Waals surface area contributed by atoms with Crippen LogP contribution in [0.2, 0.25) is 0 Å². The van der Waals surface area contributed by atoms with Gasteiger partial charge in [-0.05, 0) is 12.4 Å². The lowest BCUT2D eigenvalue weighted by molar-refractivity contribution is 0.886. The largest absolute Gasteiger partial charge is 0.347 e. The van der Waals surface area contributed by atoms with E-state index in [4.69, 9.17) is 5.41 Å². The fourth-order valence-corrected chi connectivity index (χ4v) is 0.943. The van der Waals surface area contributed by atoms with Crippen LogP contribution in [0.25, 0.3) is 0 Å². The van der Waals surface area contributed by atoms with Crippen LogP contribution >= 0.6 is 0 Å². The summed E-state index contributed by atoms with van der Waals surface area (Å²) >= 11 is 0. The van der Waals surface area contributed by atoms with E-state index in [1.54, 1.807) is 5.87 Å². The Hall–Kier alpha value is -2.14. The first-order chi connectivity index (χ1) is 8.33. The first-order valence-electron chi connectivity index (χ1n) is 5.30. The van der Waals surface area contributed by atoms with Crippen molar-refractivity contribution in [2.45, 2.75) is 0 Å². The fourth-order valence-electron chi connectivity index (χ4n) is 0.943. The van der Waals surface area contributed by atoms with E-state index in [1.165, 1.54) is 0 Å². The molecule has 0 spiro atoms. The highest BCUT2D eigenvalue weighted by Gasteiger charge is 2.10. The van der Waals surface area contributed by atoms with Crippen molar-refractivity contribution < 1.29 is 0 Å². The molecule has 0 fully saturated rings. The van der Waals surface area contributed by atoms with Crippen molar-refractivity contribution in [2.75, 3.05) is 57.0 Å². The molecule has 0 saturated carbocycles. The molecule has 0 aliphatic carbocycles. The maximum absolute atomic E-state index is 5.85. The van der Waals surface area contributed by atoms with E-state index >= 15 is 0 Å². The number of hydrogen-bond donors (Lipinski definition) is 1. The number of rotatable bonds is 3. The number of aromatic nitrogens is 3. The van der Waals surface area contributed by atoms with E-state index in [1.807, 2.05) is 57.0 Å². The molecule has 0 amide bonds. The SMILES string of the molecule is C=C=N.CN(C)c1nc(N(C)C)nc(N(C)C)n1. The first-order valence-corrected chi connectivity index (χ1v) is 5.30. The Kier molecular flexibility index (Phi) is 6.38. The topological polar surface area (TPSA) is 72.2 Å². The highest BCUT2D eigenvalue weighted by molar-refractivity contribution is 5.44. The minimum Gasteiger partial charge on any atom is -0.347 e. The molecule has 0 atom stereocenters. The van der Waals surface area contributed by atoms with Gasteiger partial charge in [0.15, 0.2) is 0 Å². The van der Waals surface area contributed by atoms with Gasteiger partial charge in [0.25, 0.3) is 0 Å². The molecular formula is C11H21N7. The Morgan fingerprint density at radius 2 is 0.944 bits per heavy atom. The summed E-state index contributed by atoms with van der Waals surface area (Å²) in [5.74, 6) is 3.74. The third-order valence-corrected chi connectivity index (χ3v) is 1.80. The van der Waals surface area contributed by atoms with Crippen molar-refractivity contribution in [1.29, 1.82) is 5.41 Å². The Labute approximate surface area is 108 Å². The van der Waals surface area contributed by atoms with Gasteiger partial charge in [0, 0.05) is 42.3 Å². The monoisotopic (exact) mass is 251 g/mol. The lowest BCUT2D eigenvalue weighted by atomic mass is 10.7. The zero-order chi connectivity index (χ0) is 14.3. The van der Waals surface area contributed by atoms with Crippen LogP contribution in [-0.4, -0.2) is 63.1 Å². The van der Waals surface area contributed by atoms with Gasteiger partial charge in [-0.15, -0.1) is 0 Å². The van der Waals surface area contributed by atoms with Crippen LogP contribution in [0.5, 0.6) is 0 Å². The van der Waals surface area contributed by atoms with E-state index in [9.17, 15) is 0 Å². The minimum absolute atomic E-state index is 0.664. The summed E-state index contributed by atoms with van der Waals surface area (Å²) in [5.41, 5.74) is 0. The van der Waals surface area contributed by atoms with E-state index in [0.29, 0.717) is 17.8 Å². The maximum atomic E-state index is 5.85. The summed E-state index contributed by atoms with van der Waals surface area (Å²) in [5, 5.41) is 5.85. The van der Waals surface area contributed by atoms with Gasteiger partial charge < -0.3 is 14.7 Å². The van der Waals surface area contributed by atoms with Crippen molar-refractivity contribution >= 4 is 23.7 Å². The predicted molar refractivity (Wildman–Crippen MR) is 76.2 cm³/mol. The summed E-state index contributed by atoms with van der Waals surface area (Å²) in [7, 11) is 11.5. The van der Waals surface area contributed by atoms with Gasteiger partial charge in [0.1, 0.15) is 0 Å². The second-order valence-corrected chi connectivity index (χ2v) is 4.10. The second kappa shape index (κ2) is 7.24. The van der Waals surface area contributed by atoms with Crippen LogP contribution < -0.4 is 14.7 Å². The molecular weight excluding hydrogens is 230 g/mol. The van der Waals surface area contributed by atoms with Gasteiger partial charge in [0.2, 0.25) is 17.8 Å². The summed E-state index contributed by atoms with van der Waals surface area (Å²) in [4.78, 5) is 18.5. The number of nitrogens with zero attached hydrogens (tertiary/aromatic N) is 6. The molecule has 1 aromatic heterocycles. The third kappa shape index (κ3) is 4.80. The van der Waals surface area contributed by atoms with Crippen molar-refractivity contribution in [3.8, 4) is 0 Å². The second-order valence-electron chi connectivity index (χ2n) is 4.10. The van der Waals surface area contributed by atoms with Gasteiger partial charge >= 0.3 is 0 Å². The molecule has 1 N–H and O–H groups in total. The molecule has 1 heterocycles. The standard InChI is InChI=1S/C9H18N6.C2H3N/c1-13(2)7-10-8(14(3)4)12-9(11-7)15(5)6;1-2-3/h1-6H3;3H,1H2. The predicted octanol–water partition coefficient (Wildman–Crippen LogP) is 0.490. The molecule has 0 aliphatic rings. The van der Waals surface area contributed by atoms with Gasteiger partial charge in [-0.3, -0.25) is 5.41 Å². The number of nitrogens with one attached hydrogen (secondary N) is 1. The normalized spacial score (nSPS) is 8.78. The number of hydrogen-bond acceptors (Lipinski definition) is 7. The van der Waals surface area contributed by atoms with Crippen molar-refractivity contribution in [3.05, 3.63) is 6.58 Å².